The highest BCUT2D eigenvalue weighted by Crippen LogP contribution is 2.34. The van der Waals surface area contributed by atoms with Crippen LogP contribution in [0.4, 0.5) is 0 Å². The van der Waals surface area contributed by atoms with Crippen molar-refractivity contribution in [2.75, 3.05) is 6.61 Å². The summed E-state index contributed by atoms with van der Waals surface area (Å²) in [4.78, 5) is 14.6. The van der Waals surface area contributed by atoms with E-state index < -0.39 is 5.72 Å². The van der Waals surface area contributed by atoms with Gasteiger partial charge in [-0.3, -0.25) is 4.79 Å². The number of amides is 1. The maximum absolute atomic E-state index is 12.7. The van der Waals surface area contributed by atoms with E-state index in [9.17, 15) is 4.79 Å². The van der Waals surface area contributed by atoms with Crippen molar-refractivity contribution >= 4 is 5.91 Å². The van der Waals surface area contributed by atoms with Crippen molar-refractivity contribution in [2.45, 2.75) is 45.9 Å². The number of nitrogens with zero attached hydrogens (tertiary/aromatic N) is 1. The Balaban J connectivity index is 2.27. The van der Waals surface area contributed by atoms with Crippen LogP contribution in [0.5, 0.6) is 0 Å². The van der Waals surface area contributed by atoms with Gasteiger partial charge in [0, 0.05) is 5.56 Å². The molecule has 1 fully saturated rings. The topological polar surface area (TPSA) is 29.5 Å². The zero-order chi connectivity index (χ0) is 14.0. The molecule has 0 saturated carbocycles. The largest absolute Gasteiger partial charge is 0.354 e. The first-order valence-electron chi connectivity index (χ1n) is 6.97. The molecule has 2 rings (SSSR count). The van der Waals surface area contributed by atoms with Gasteiger partial charge in [-0.15, -0.1) is 0 Å². The van der Waals surface area contributed by atoms with Gasteiger partial charge in [0.25, 0.3) is 5.91 Å². The van der Waals surface area contributed by atoms with E-state index in [1.54, 1.807) is 0 Å². The molecule has 1 amide bonds. The van der Waals surface area contributed by atoms with Crippen LogP contribution >= 0.6 is 0 Å². The van der Waals surface area contributed by atoms with Crippen molar-refractivity contribution in [1.82, 2.24) is 4.90 Å². The zero-order valence-electron chi connectivity index (χ0n) is 12.2. The van der Waals surface area contributed by atoms with E-state index in [1.165, 1.54) is 0 Å². The maximum Gasteiger partial charge on any atom is 0.256 e. The fourth-order valence-electron chi connectivity index (χ4n) is 2.96. The fraction of sp³-hybridized carbons (Fsp3) is 0.562. The fourth-order valence-corrected chi connectivity index (χ4v) is 2.96. The summed E-state index contributed by atoms with van der Waals surface area (Å²) in [6.45, 7) is 9.00. The summed E-state index contributed by atoms with van der Waals surface area (Å²) in [5, 5.41) is 0. The summed E-state index contributed by atoms with van der Waals surface area (Å²) in [5.74, 6) is 0.551. The summed E-state index contributed by atoms with van der Waals surface area (Å²) in [7, 11) is 0. The molecule has 2 atom stereocenters. The molecule has 1 aliphatic rings. The summed E-state index contributed by atoms with van der Waals surface area (Å²) in [5.41, 5.74) is 0.246. The van der Waals surface area contributed by atoms with Gasteiger partial charge in [0.05, 0.1) is 12.6 Å². The smallest absolute Gasteiger partial charge is 0.256 e. The molecule has 0 aliphatic carbocycles. The van der Waals surface area contributed by atoms with Gasteiger partial charge in [-0.1, -0.05) is 32.0 Å². The Hall–Kier alpha value is -1.35. The number of hydrogen-bond acceptors (Lipinski definition) is 2. The normalized spacial score (nSPS) is 27.0. The molecule has 0 N–H and O–H groups in total. The quantitative estimate of drug-likeness (QED) is 0.835. The minimum Gasteiger partial charge on any atom is -0.354 e. The number of carbonyl (C=O) groups excluding carboxylic acids is 1. The van der Waals surface area contributed by atoms with Crippen molar-refractivity contribution < 1.29 is 9.53 Å². The van der Waals surface area contributed by atoms with Crippen LogP contribution in [0.2, 0.25) is 0 Å². The van der Waals surface area contributed by atoms with Crippen molar-refractivity contribution in [3.05, 3.63) is 35.9 Å². The minimum atomic E-state index is -0.486. The van der Waals surface area contributed by atoms with E-state index in [0.717, 1.165) is 12.0 Å². The zero-order valence-corrected chi connectivity index (χ0v) is 12.2. The first-order chi connectivity index (χ1) is 8.94. The Morgan fingerprint density at radius 2 is 2.05 bits per heavy atom. The third kappa shape index (κ3) is 2.81. The van der Waals surface area contributed by atoms with Crippen LogP contribution in [0.15, 0.2) is 30.3 Å². The molecule has 1 aromatic rings. The molecule has 0 spiro atoms. The van der Waals surface area contributed by atoms with Gasteiger partial charge in [-0.2, -0.15) is 0 Å². The second-order valence-corrected chi connectivity index (χ2v) is 5.97. The number of ether oxygens (including phenoxy) is 1. The Kier molecular flexibility index (Phi) is 3.95. The number of hydrogen-bond donors (Lipinski definition) is 0. The molecule has 1 saturated heterocycles. The molecule has 0 bridgehead atoms. The molecule has 0 radical (unpaired) electrons. The Labute approximate surface area is 115 Å². The van der Waals surface area contributed by atoms with Crippen molar-refractivity contribution in [3.8, 4) is 0 Å². The summed E-state index contributed by atoms with van der Waals surface area (Å²) >= 11 is 0. The predicted molar refractivity (Wildman–Crippen MR) is 75.9 cm³/mol. The van der Waals surface area contributed by atoms with Crippen LogP contribution in [0.3, 0.4) is 0 Å². The van der Waals surface area contributed by atoms with Gasteiger partial charge >= 0.3 is 0 Å². The third-order valence-electron chi connectivity index (χ3n) is 3.61. The number of rotatable bonds is 3. The highest BCUT2D eigenvalue weighted by atomic mass is 16.5. The number of carbonyl (C=O) groups is 1. The highest BCUT2D eigenvalue weighted by molar-refractivity contribution is 5.95. The van der Waals surface area contributed by atoms with Crippen molar-refractivity contribution in [2.24, 2.45) is 5.92 Å². The van der Waals surface area contributed by atoms with E-state index in [2.05, 4.69) is 13.8 Å². The lowest BCUT2D eigenvalue weighted by atomic mass is 9.99. The predicted octanol–water partition coefficient (Wildman–Crippen LogP) is 3.31. The standard InChI is InChI=1S/C16H23NO2/c1-12(2)10-16(4)17(13(3)11-19-16)15(18)14-8-6-5-7-9-14/h5-9,12-13H,10-11H2,1-4H3/t13-,16+/m1/s1. The van der Waals surface area contributed by atoms with E-state index in [0.29, 0.717) is 12.5 Å². The van der Waals surface area contributed by atoms with Gasteiger partial charge in [0.15, 0.2) is 0 Å². The van der Waals surface area contributed by atoms with E-state index in [-0.39, 0.29) is 11.9 Å². The molecule has 3 heteroatoms. The van der Waals surface area contributed by atoms with Crippen molar-refractivity contribution in [3.63, 3.8) is 0 Å². The van der Waals surface area contributed by atoms with Gasteiger partial charge < -0.3 is 9.64 Å². The molecule has 3 nitrogen and oxygen atoms in total. The van der Waals surface area contributed by atoms with Gasteiger partial charge in [0.2, 0.25) is 0 Å². The molecule has 1 heterocycles. The van der Waals surface area contributed by atoms with Gasteiger partial charge in [-0.25, -0.2) is 0 Å². The van der Waals surface area contributed by atoms with Crippen LogP contribution in [0.25, 0.3) is 0 Å². The monoisotopic (exact) mass is 261 g/mol. The van der Waals surface area contributed by atoms with E-state index >= 15 is 0 Å². The molecule has 1 aliphatic heterocycles. The Bertz CT molecular complexity index is 443. The van der Waals surface area contributed by atoms with Crippen LogP contribution in [-0.4, -0.2) is 29.2 Å². The molecular weight excluding hydrogens is 238 g/mol. The Morgan fingerprint density at radius 3 is 2.63 bits per heavy atom. The first-order valence-corrected chi connectivity index (χ1v) is 6.97. The van der Waals surface area contributed by atoms with E-state index in [1.807, 2.05) is 49.1 Å². The lowest BCUT2D eigenvalue weighted by molar-refractivity contribution is -0.0682. The summed E-state index contributed by atoms with van der Waals surface area (Å²) in [6, 6.07) is 9.57. The first kappa shape index (κ1) is 14.1. The average Bonchev–Trinajstić information content (AvgIpc) is 2.64. The van der Waals surface area contributed by atoms with Gasteiger partial charge in [0.1, 0.15) is 5.72 Å². The highest BCUT2D eigenvalue weighted by Gasteiger charge is 2.45. The summed E-state index contributed by atoms with van der Waals surface area (Å²) < 4.78 is 5.92. The van der Waals surface area contributed by atoms with Crippen LogP contribution < -0.4 is 0 Å². The second-order valence-electron chi connectivity index (χ2n) is 5.97. The summed E-state index contributed by atoms with van der Waals surface area (Å²) in [6.07, 6.45) is 0.857. The van der Waals surface area contributed by atoms with E-state index in [4.69, 9.17) is 4.74 Å². The SMILES string of the molecule is CC(C)C[C@]1(C)OC[C@@H](C)N1C(=O)c1ccccc1. The molecule has 0 unspecified atom stereocenters. The molecule has 104 valence electrons. The minimum absolute atomic E-state index is 0.0637. The van der Waals surface area contributed by atoms with Crippen LogP contribution in [-0.2, 0) is 4.74 Å². The van der Waals surface area contributed by atoms with Crippen LogP contribution in [0, 0.1) is 5.92 Å². The third-order valence-corrected chi connectivity index (χ3v) is 3.61. The van der Waals surface area contributed by atoms with Crippen molar-refractivity contribution in [1.29, 1.82) is 0 Å². The van der Waals surface area contributed by atoms with Crippen LogP contribution in [0.1, 0.15) is 44.5 Å². The number of benzene rings is 1. The lowest BCUT2D eigenvalue weighted by Crippen LogP contribution is -2.49. The molecule has 19 heavy (non-hydrogen) atoms. The Morgan fingerprint density at radius 1 is 1.42 bits per heavy atom. The molecule has 0 aromatic heterocycles. The maximum atomic E-state index is 12.7. The lowest BCUT2D eigenvalue weighted by Gasteiger charge is -2.37. The molecule has 1 aromatic carbocycles. The van der Waals surface area contributed by atoms with Gasteiger partial charge in [-0.05, 0) is 38.3 Å². The average molecular weight is 261 g/mol. The second kappa shape index (κ2) is 5.33. The molecular formula is C16H23NO2.